The summed E-state index contributed by atoms with van der Waals surface area (Å²) in [5.41, 5.74) is 3.64. The van der Waals surface area contributed by atoms with Gasteiger partial charge in [0.15, 0.2) is 0 Å². The highest BCUT2D eigenvalue weighted by atomic mass is 79.9. The maximum Gasteiger partial charge on any atom is 0.222 e. The molecule has 1 aromatic heterocycles. The normalized spacial score (nSPS) is 10.6. The van der Waals surface area contributed by atoms with E-state index in [1.165, 1.54) is 16.7 Å². The molecule has 20 heavy (non-hydrogen) atoms. The first-order valence-corrected chi connectivity index (χ1v) is 8.24. The molecule has 0 aliphatic rings. The van der Waals surface area contributed by atoms with Gasteiger partial charge in [0.2, 0.25) is 5.91 Å². The summed E-state index contributed by atoms with van der Waals surface area (Å²) in [6, 6.07) is 10.4. The number of hydrogen-bond acceptors (Lipinski definition) is 2. The SMILES string of the molecule is Cc1cccc(CCC(=O)N(C)Cc2csc(Br)c2)c1. The Morgan fingerprint density at radius 2 is 2.10 bits per heavy atom. The molecule has 0 saturated heterocycles. The molecule has 2 nitrogen and oxygen atoms in total. The van der Waals surface area contributed by atoms with Crippen LogP contribution in [0, 0.1) is 6.92 Å². The van der Waals surface area contributed by atoms with Crippen LogP contribution in [0.15, 0.2) is 39.5 Å². The fraction of sp³-hybridized carbons (Fsp3) is 0.312. The minimum Gasteiger partial charge on any atom is -0.341 e. The third kappa shape index (κ3) is 4.46. The van der Waals surface area contributed by atoms with Crippen LogP contribution in [0.4, 0.5) is 0 Å². The lowest BCUT2D eigenvalue weighted by Gasteiger charge is -2.16. The minimum absolute atomic E-state index is 0.189. The zero-order valence-corrected chi connectivity index (χ0v) is 14.1. The molecule has 0 aliphatic heterocycles. The summed E-state index contributed by atoms with van der Waals surface area (Å²) < 4.78 is 1.10. The quantitative estimate of drug-likeness (QED) is 0.781. The second kappa shape index (κ2) is 7.04. The van der Waals surface area contributed by atoms with Crippen LogP contribution < -0.4 is 0 Å². The Balaban J connectivity index is 1.85. The van der Waals surface area contributed by atoms with Gasteiger partial charge in [-0.05, 0) is 51.8 Å². The summed E-state index contributed by atoms with van der Waals surface area (Å²) in [5.74, 6) is 0.189. The van der Waals surface area contributed by atoms with Crippen molar-refractivity contribution in [2.24, 2.45) is 0 Å². The van der Waals surface area contributed by atoms with Crippen LogP contribution >= 0.6 is 27.3 Å². The Morgan fingerprint density at radius 1 is 1.30 bits per heavy atom. The number of hydrogen-bond donors (Lipinski definition) is 0. The summed E-state index contributed by atoms with van der Waals surface area (Å²) in [4.78, 5) is 13.9. The molecule has 1 aromatic carbocycles. The van der Waals surface area contributed by atoms with Crippen molar-refractivity contribution in [1.82, 2.24) is 4.90 Å². The molecule has 0 radical (unpaired) electrons. The number of aryl methyl sites for hydroxylation is 2. The molecule has 0 atom stereocenters. The lowest BCUT2D eigenvalue weighted by atomic mass is 10.1. The Bertz CT molecular complexity index is 594. The van der Waals surface area contributed by atoms with Crippen molar-refractivity contribution < 1.29 is 4.79 Å². The lowest BCUT2D eigenvalue weighted by molar-refractivity contribution is -0.130. The average molecular weight is 352 g/mol. The summed E-state index contributed by atoms with van der Waals surface area (Å²) in [5, 5.41) is 2.08. The van der Waals surface area contributed by atoms with E-state index in [1.807, 2.05) is 13.1 Å². The molecule has 4 heteroatoms. The molecule has 0 fully saturated rings. The molecule has 0 aliphatic carbocycles. The molecular weight excluding hydrogens is 334 g/mol. The molecular formula is C16H18BrNOS. The first kappa shape index (κ1) is 15.3. The maximum atomic E-state index is 12.1. The smallest absolute Gasteiger partial charge is 0.222 e. The second-order valence-electron chi connectivity index (χ2n) is 5.00. The van der Waals surface area contributed by atoms with E-state index in [1.54, 1.807) is 16.2 Å². The monoisotopic (exact) mass is 351 g/mol. The van der Waals surface area contributed by atoms with Crippen LogP contribution in [0.1, 0.15) is 23.1 Å². The largest absolute Gasteiger partial charge is 0.341 e. The topological polar surface area (TPSA) is 20.3 Å². The minimum atomic E-state index is 0.189. The van der Waals surface area contributed by atoms with Crippen LogP contribution in [-0.4, -0.2) is 17.9 Å². The highest BCUT2D eigenvalue weighted by Gasteiger charge is 2.10. The Labute approximate surface area is 132 Å². The highest BCUT2D eigenvalue weighted by Crippen LogP contribution is 2.21. The van der Waals surface area contributed by atoms with Crippen molar-refractivity contribution in [2.75, 3.05) is 7.05 Å². The number of nitrogens with zero attached hydrogens (tertiary/aromatic N) is 1. The fourth-order valence-corrected chi connectivity index (χ4v) is 3.30. The van der Waals surface area contributed by atoms with E-state index < -0.39 is 0 Å². The molecule has 1 heterocycles. The van der Waals surface area contributed by atoms with Gasteiger partial charge in [-0.3, -0.25) is 4.79 Å². The van der Waals surface area contributed by atoms with Gasteiger partial charge < -0.3 is 4.90 Å². The summed E-state index contributed by atoms with van der Waals surface area (Å²) in [6.45, 7) is 2.75. The molecule has 0 unspecified atom stereocenters. The third-order valence-corrected chi connectivity index (χ3v) is 4.73. The van der Waals surface area contributed by atoms with Crippen LogP contribution in [0.2, 0.25) is 0 Å². The van der Waals surface area contributed by atoms with Crippen LogP contribution in [0.25, 0.3) is 0 Å². The first-order chi connectivity index (χ1) is 9.54. The predicted molar refractivity (Wildman–Crippen MR) is 88.0 cm³/mol. The molecule has 1 amide bonds. The van der Waals surface area contributed by atoms with Gasteiger partial charge in [0.25, 0.3) is 0 Å². The van der Waals surface area contributed by atoms with Crippen LogP contribution in [0.5, 0.6) is 0 Å². The van der Waals surface area contributed by atoms with Crippen molar-refractivity contribution in [3.63, 3.8) is 0 Å². The number of halogens is 1. The van der Waals surface area contributed by atoms with Crippen molar-refractivity contribution in [3.8, 4) is 0 Å². The molecule has 0 bridgehead atoms. The summed E-state index contributed by atoms with van der Waals surface area (Å²) >= 11 is 5.09. The molecule has 2 aromatic rings. The van der Waals surface area contributed by atoms with Crippen molar-refractivity contribution >= 4 is 33.2 Å². The average Bonchev–Trinajstić information content (AvgIpc) is 2.81. The summed E-state index contributed by atoms with van der Waals surface area (Å²) in [6.07, 6.45) is 1.36. The van der Waals surface area contributed by atoms with Crippen molar-refractivity contribution in [2.45, 2.75) is 26.3 Å². The summed E-state index contributed by atoms with van der Waals surface area (Å²) in [7, 11) is 1.87. The van der Waals surface area contributed by atoms with Gasteiger partial charge in [-0.1, -0.05) is 29.8 Å². The van der Waals surface area contributed by atoms with E-state index in [9.17, 15) is 4.79 Å². The number of amides is 1. The Kier molecular flexibility index (Phi) is 5.38. The van der Waals surface area contributed by atoms with Gasteiger partial charge in [0, 0.05) is 20.0 Å². The van der Waals surface area contributed by atoms with Crippen molar-refractivity contribution in [3.05, 3.63) is 56.2 Å². The zero-order valence-electron chi connectivity index (χ0n) is 11.7. The van der Waals surface area contributed by atoms with Gasteiger partial charge in [-0.15, -0.1) is 11.3 Å². The number of carbonyl (C=O) groups excluding carboxylic acids is 1. The highest BCUT2D eigenvalue weighted by molar-refractivity contribution is 9.11. The van der Waals surface area contributed by atoms with E-state index in [0.29, 0.717) is 13.0 Å². The third-order valence-electron chi connectivity index (χ3n) is 3.18. The standard InChI is InChI=1S/C16H18BrNOS/c1-12-4-3-5-13(8-12)6-7-16(19)18(2)10-14-9-15(17)20-11-14/h3-5,8-9,11H,6-7,10H2,1-2H3. The van der Waals surface area contributed by atoms with Crippen molar-refractivity contribution in [1.29, 1.82) is 0 Å². The molecule has 0 N–H and O–H groups in total. The van der Waals surface area contributed by atoms with Gasteiger partial charge in [0.1, 0.15) is 0 Å². The van der Waals surface area contributed by atoms with E-state index >= 15 is 0 Å². The fourth-order valence-electron chi connectivity index (χ4n) is 2.10. The number of rotatable bonds is 5. The number of thiophene rings is 1. The van der Waals surface area contributed by atoms with E-state index in [-0.39, 0.29) is 5.91 Å². The van der Waals surface area contributed by atoms with Gasteiger partial charge in [-0.2, -0.15) is 0 Å². The molecule has 0 saturated carbocycles. The lowest BCUT2D eigenvalue weighted by Crippen LogP contribution is -2.26. The number of benzene rings is 1. The molecule has 106 valence electrons. The predicted octanol–water partition coefficient (Wildman–Crippen LogP) is 4.41. The van der Waals surface area contributed by atoms with E-state index in [4.69, 9.17) is 0 Å². The Morgan fingerprint density at radius 3 is 2.75 bits per heavy atom. The number of carbonyl (C=O) groups is 1. The second-order valence-corrected chi connectivity index (χ2v) is 7.29. The molecule has 2 rings (SSSR count). The maximum absolute atomic E-state index is 12.1. The zero-order chi connectivity index (χ0) is 14.5. The van der Waals surface area contributed by atoms with Gasteiger partial charge >= 0.3 is 0 Å². The first-order valence-electron chi connectivity index (χ1n) is 6.57. The van der Waals surface area contributed by atoms with Gasteiger partial charge in [0.05, 0.1) is 3.79 Å². The van der Waals surface area contributed by atoms with Crippen LogP contribution in [0.3, 0.4) is 0 Å². The van der Waals surface area contributed by atoms with E-state index in [0.717, 1.165) is 10.2 Å². The Hall–Kier alpha value is -1.13. The molecule has 0 spiro atoms. The van der Waals surface area contributed by atoms with Crippen LogP contribution in [-0.2, 0) is 17.8 Å². The van der Waals surface area contributed by atoms with Gasteiger partial charge in [-0.25, -0.2) is 0 Å². The van der Waals surface area contributed by atoms with E-state index in [2.05, 4.69) is 52.5 Å².